The summed E-state index contributed by atoms with van der Waals surface area (Å²) in [6.45, 7) is 0. The molecule has 0 amide bonds. The van der Waals surface area contributed by atoms with Gasteiger partial charge in [0, 0.05) is 18.1 Å². The van der Waals surface area contributed by atoms with Crippen LogP contribution < -0.4 is 5.32 Å². The third-order valence-corrected chi connectivity index (χ3v) is 7.53. The van der Waals surface area contributed by atoms with Crippen LogP contribution in [-0.4, -0.2) is 30.1 Å². The number of hydrogen-bond acceptors (Lipinski definition) is 2. The Morgan fingerprint density at radius 1 is 0.815 bits per heavy atom. The van der Waals surface area contributed by atoms with Crippen molar-refractivity contribution in [3.8, 4) is 0 Å². The highest BCUT2D eigenvalue weighted by atomic mass is 35.5. The molecule has 0 spiro atoms. The van der Waals surface area contributed by atoms with Crippen LogP contribution in [0.15, 0.2) is 36.4 Å². The molecular weight excluding hydrogens is 422 g/mol. The number of hydrogen-bond donors (Lipinski definition) is 1. The Hall–Kier alpha value is -0.480. The molecule has 144 valence electrons. The molecule has 2 fully saturated rings. The summed E-state index contributed by atoms with van der Waals surface area (Å²) in [6, 6.07) is 13.4. The van der Waals surface area contributed by atoms with Crippen molar-refractivity contribution in [2.24, 2.45) is 0 Å². The van der Waals surface area contributed by atoms with Crippen LogP contribution in [-0.2, 0) is 0 Å². The van der Waals surface area contributed by atoms with Gasteiger partial charge in [-0.25, -0.2) is 0 Å². The van der Waals surface area contributed by atoms with Gasteiger partial charge in [0.2, 0.25) is 0 Å². The Kier molecular flexibility index (Phi) is 5.95. The maximum Gasteiger partial charge on any atom is 0.0595 e. The van der Waals surface area contributed by atoms with Gasteiger partial charge in [0.1, 0.15) is 0 Å². The molecule has 2 aliphatic rings. The van der Waals surface area contributed by atoms with E-state index in [1.165, 1.54) is 12.8 Å². The molecule has 1 unspecified atom stereocenters. The zero-order valence-electron chi connectivity index (χ0n) is 15.1. The van der Waals surface area contributed by atoms with E-state index < -0.39 is 0 Å². The molecule has 2 heterocycles. The number of fused-ring (bicyclic) bond motifs is 2. The Balaban J connectivity index is 1.65. The monoisotopic (exact) mass is 442 g/mol. The van der Waals surface area contributed by atoms with Crippen LogP contribution in [0.4, 0.5) is 0 Å². The summed E-state index contributed by atoms with van der Waals surface area (Å²) in [5, 5.41) is 6.11. The van der Waals surface area contributed by atoms with Gasteiger partial charge in [-0.3, -0.25) is 0 Å². The average Bonchev–Trinajstić information content (AvgIpc) is 2.85. The number of rotatable bonds is 4. The van der Waals surface area contributed by atoms with Crippen molar-refractivity contribution in [2.75, 3.05) is 7.05 Å². The molecule has 27 heavy (non-hydrogen) atoms. The number of benzene rings is 2. The second kappa shape index (κ2) is 8.10. The molecule has 1 N–H and O–H groups in total. The zero-order valence-corrected chi connectivity index (χ0v) is 18.1. The fraction of sp³-hybridized carbons (Fsp3) is 0.429. The standard InChI is InChI=1S/C21H22Cl4N2/c1-27-15-4-5-16(27)11-14(10-15)26-21(12-2-6-17(22)19(24)8-12)13-3-7-18(23)20(25)9-13/h2-3,6-9,14-16,21,26H,4-5,10-11H2,1H3/t14?,15-,16+. The minimum atomic E-state index is -0.0117. The van der Waals surface area contributed by atoms with Crippen LogP contribution >= 0.6 is 46.4 Å². The Morgan fingerprint density at radius 3 is 1.74 bits per heavy atom. The number of piperidine rings is 1. The Labute approximate surface area is 180 Å². The molecule has 0 radical (unpaired) electrons. The summed E-state index contributed by atoms with van der Waals surface area (Å²) in [7, 11) is 2.26. The Morgan fingerprint density at radius 2 is 1.30 bits per heavy atom. The number of nitrogens with one attached hydrogen (secondary N) is 1. The van der Waals surface area contributed by atoms with Gasteiger partial charge in [-0.15, -0.1) is 0 Å². The molecule has 2 bridgehead atoms. The molecule has 2 aromatic carbocycles. The first-order chi connectivity index (χ1) is 12.9. The minimum Gasteiger partial charge on any atom is -0.303 e. The van der Waals surface area contributed by atoms with Crippen molar-refractivity contribution in [1.29, 1.82) is 0 Å². The van der Waals surface area contributed by atoms with Gasteiger partial charge < -0.3 is 10.2 Å². The summed E-state index contributed by atoms with van der Waals surface area (Å²) >= 11 is 24.9. The molecular formula is C21H22Cl4N2. The third-order valence-electron chi connectivity index (χ3n) is 6.05. The smallest absolute Gasteiger partial charge is 0.0595 e. The van der Waals surface area contributed by atoms with Crippen LogP contribution in [0, 0.1) is 0 Å². The molecule has 0 aliphatic carbocycles. The van der Waals surface area contributed by atoms with E-state index in [9.17, 15) is 0 Å². The van der Waals surface area contributed by atoms with Crippen LogP contribution in [0.1, 0.15) is 42.9 Å². The Bertz CT molecular complexity index is 775. The largest absolute Gasteiger partial charge is 0.303 e. The summed E-state index contributed by atoms with van der Waals surface area (Å²) in [5.41, 5.74) is 2.16. The van der Waals surface area contributed by atoms with Crippen molar-refractivity contribution in [3.63, 3.8) is 0 Å². The predicted molar refractivity (Wildman–Crippen MR) is 115 cm³/mol. The second-order valence-electron chi connectivity index (χ2n) is 7.67. The van der Waals surface area contributed by atoms with Crippen molar-refractivity contribution in [1.82, 2.24) is 10.2 Å². The maximum absolute atomic E-state index is 6.31. The van der Waals surface area contributed by atoms with E-state index in [0.29, 0.717) is 38.2 Å². The van der Waals surface area contributed by atoms with Crippen molar-refractivity contribution >= 4 is 46.4 Å². The van der Waals surface area contributed by atoms with Gasteiger partial charge >= 0.3 is 0 Å². The van der Waals surface area contributed by atoms with Crippen LogP contribution in [0.3, 0.4) is 0 Å². The summed E-state index contributed by atoms with van der Waals surface area (Å²) in [5.74, 6) is 0. The minimum absolute atomic E-state index is 0.0117. The van der Waals surface area contributed by atoms with Gasteiger partial charge in [-0.05, 0) is 68.1 Å². The zero-order chi connectivity index (χ0) is 19.1. The van der Waals surface area contributed by atoms with E-state index in [0.717, 1.165) is 24.0 Å². The molecule has 0 aromatic heterocycles. The van der Waals surface area contributed by atoms with Gasteiger partial charge in [0.15, 0.2) is 0 Å². The lowest BCUT2D eigenvalue weighted by Gasteiger charge is -2.38. The molecule has 2 aliphatic heterocycles. The predicted octanol–water partition coefficient (Wildman–Crippen LogP) is 6.60. The lowest BCUT2D eigenvalue weighted by atomic mass is 9.93. The first kappa shape index (κ1) is 19.8. The van der Waals surface area contributed by atoms with E-state index in [2.05, 4.69) is 17.3 Å². The van der Waals surface area contributed by atoms with Gasteiger partial charge in [0.05, 0.1) is 26.1 Å². The quantitative estimate of drug-likeness (QED) is 0.572. The molecule has 4 rings (SSSR count). The fourth-order valence-electron chi connectivity index (χ4n) is 4.55. The van der Waals surface area contributed by atoms with Crippen molar-refractivity contribution < 1.29 is 0 Å². The van der Waals surface area contributed by atoms with E-state index in [-0.39, 0.29) is 6.04 Å². The lowest BCUT2D eigenvalue weighted by molar-refractivity contribution is 0.145. The maximum atomic E-state index is 6.31. The summed E-state index contributed by atoms with van der Waals surface area (Å²) < 4.78 is 0. The first-order valence-electron chi connectivity index (χ1n) is 9.30. The van der Waals surface area contributed by atoms with Crippen LogP contribution in [0.2, 0.25) is 20.1 Å². The van der Waals surface area contributed by atoms with Crippen LogP contribution in [0.25, 0.3) is 0 Å². The summed E-state index contributed by atoms with van der Waals surface area (Å²) in [6.07, 6.45) is 4.91. The van der Waals surface area contributed by atoms with E-state index in [1.54, 1.807) is 0 Å². The normalized spacial score (nSPS) is 25.3. The lowest BCUT2D eigenvalue weighted by Crippen LogP contribution is -2.48. The van der Waals surface area contributed by atoms with Gasteiger partial charge in [-0.2, -0.15) is 0 Å². The van der Waals surface area contributed by atoms with Crippen molar-refractivity contribution in [2.45, 2.75) is 49.9 Å². The van der Waals surface area contributed by atoms with Crippen LogP contribution in [0.5, 0.6) is 0 Å². The number of halogens is 4. The highest BCUT2D eigenvalue weighted by Crippen LogP contribution is 2.37. The van der Waals surface area contributed by atoms with Gasteiger partial charge in [0.25, 0.3) is 0 Å². The molecule has 3 atom stereocenters. The fourth-order valence-corrected chi connectivity index (χ4v) is 5.17. The third kappa shape index (κ3) is 4.12. The van der Waals surface area contributed by atoms with E-state index in [1.807, 2.05) is 36.4 Å². The first-order valence-corrected chi connectivity index (χ1v) is 10.8. The molecule has 2 saturated heterocycles. The summed E-state index contributed by atoms with van der Waals surface area (Å²) in [4.78, 5) is 2.55. The SMILES string of the molecule is CN1[C@@H]2CC[C@H]1CC(NC(c1ccc(Cl)c(Cl)c1)c1ccc(Cl)c(Cl)c1)C2. The van der Waals surface area contributed by atoms with Gasteiger partial charge in [-0.1, -0.05) is 58.5 Å². The van der Waals surface area contributed by atoms with E-state index in [4.69, 9.17) is 46.4 Å². The van der Waals surface area contributed by atoms with Crippen molar-refractivity contribution in [3.05, 3.63) is 67.6 Å². The topological polar surface area (TPSA) is 15.3 Å². The molecule has 2 aromatic rings. The highest BCUT2D eigenvalue weighted by molar-refractivity contribution is 6.42. The molecule has 6 heteroatoms. The highest BCUT2D eigenvalue weighted by Gasteiger charge is 2.39. The molecule has 2 nitrogen and oxygen atoms in total. The average molecular weight is 444 g/mol. The molecule has 0 saturated carbocycles. The second-order valence-corrected chi connectivity index (χ2v) is 9.29. The number of nitrogens with zero attached hydrogens (tertiary/aromatic N) is 1. The van der Waals surface area contributed by atoms with E-state index >= 15 is 0 Å².